The average molecular weight is 424 g/mol. The van der Waals surface area contributed by atoms with Crippen LogP contribution in [0.25, 0.3) is 0 Å². The summed E-state index contributed by atoms with van der Waals surface area (Å²) in [5.74, 6) is -0.378. The molecular formula is C20H23Cl2N3O3. The van der Waals surface area contributed by atoms with E-state index < -0.39 is 0 Å². The minimum atomic E-state index is -0.378. The first-order valence-corrected chi connectivity index (χ1v) is 9.14. The Hall–Kier alpha value is -2.28. The first kappa shape index (κ1) is 22.0. The number of benzene rings is 2. The van der Waals surface area contributed by atoms with Gasteiger partial charge in [0.1, 0.15) is 0 Å². The molecule has 0 aromatic heterocycles. The number of methoxy groups -OCH3 is 1. The maximum atomic E-state index is 12.7. The minimum absolute atomic E-state index is 0. The number of esters is 1. The molecule has 1 unspecified atom stereocenters. The fourth-order valence-corrected chi connectivity index (χ4v) is 3.21. The van der Waals surface area contributed by atoms with Crippen molar-refractivity contribution in [2.24, 2.45) is 0 Å². The van der Waals surface area contributed by atoms with E-state index in [1.807, 2.05) is 29.2 Å². The molecule has 0 aliphatic carbocycles. The van der Waals surface area contributed by atoms with E-state index in [0.29, 0.717) is 30.2 Å². The van der Waals surface area contributed by atoms with Gasteiger partial charge in [-0.3, -0.25) is 0 Å². The Morgan fingerprint density at radius 2 is 1.86 bits per heavy atom. The van der Waals surface area contributed by atoms with Gasteiger partial charge in [-0.15, -0.1) is 12.4 Å². The Balaban J connectivity index is 0.00000280. The maximum Gasteiger partial charge on any atom is 0.337 e. The highest BCUT2D eigenvalue weighted by Crippen LogP contribution is 2.23. The van der Waals surface area contributed by atoms with E-state index >= 15 is 0 Å². The van der Waals surface area contributed by atoms with Crippen molar-refractivity contribution in [2.75, 3.05) is 26.7 Å². The second-order valence-electron chi connectivity index (χ2n) is 6.31. The molecule has 0 spiro atoms. The fraction of sp³-hybridized carbons (Fsp3) is 0.300. The highest BCUT2D eigenvalue weighted by Gasteiger charge is 2.27. The highest BCUT2D eigenvalue weighted by molar-refractivity contribution is 6.30. The van der Waals surface area contributed by atoms with Crippen molar-refractivity contribution in [1.29, 1.82) is 0 Å². The van der Waals surface area contributed by atoms with Crippen molar-refractivity contribution < 1.29 is 14.3 Å². The molecule has 0 saturated carbocycles. The lowest BCUT2D eigenvalue weighted by molar-refractivity contribution is 0.0600. The molecule has 1 aliphatic rings. The van der Waals surface area contributed by atoms with E-state index in [0.717, 1.165) is 17.7 Å². The van der Waals surface area contributed by atoms with Crippen LogP contribution < -0.4 is 10.6 Å². The summed E-state index contributed by atoms with van der Waals surface area (Å²) in [4.78, 5) is 26.0. The molecule has 2 N–H and O–H groups in total. The summed E-state index contributed by atoms with van der Waals surface area (Å²) in [5.41, 5.74) is 2.44. The van der Waals surface area contributed by atoms with E-state index in [-0.39, 0.29) is 30.4 Å². The number of carbonyl (C=O) groups is 2. The number of carbonyl (C=O) groups excluding carboxylic acids is 2. The maximum absolute atomic E-state index is 12.7. The first-order valence-electron chi connectivity index (χ1n) is 8.76. The average Bonchev–Trinajstić information content (AvgIpc) is 2.72. The van der Waals surface area contributed by atoms with Gasteiger partial charge in [-0.05, 0) is 35.4 Å². The Labute approximate surface area is 175 Å². The smallest absolute Gasteiger partial charge is 0.337 e. The predicted molar refractivity (Wildman–Crippen MR) is 111 cm³/mol. The standard InChI is InChI=1S/C20H22ClN3O3.ClH/c1-27-19(25)16-4-2-14(3-5-16)12-23-20(26)24-11-10-22-13-18(24)15-6-8-17(21)9-7-15;/h2-9,18,22H,10-13H2,1H3,(H,23,26);1H. The summed E-state index contributed by atoms with van der Waals surface area (Å²) >= 11 is 5.97. The van der Waals surface area contributed by atoms with Crippen molar-refractivity contribution in [3.05, 3.63) is 70.2 Å². The zero-order valence-electron chi connectivity index (χ0n) is 15.5. The third-order valence-corrected chi connectivity index (χ3v) is 4.83. The molecule has 2 amide bonds. The largest absolute Gasteiger partial charge is 0.465 e. The van der Waals surface area contributed by atoms with Gasteiger partial charge in [-0.2, -0.15) is 0 Å². The number of rotatable bonds is 4. The van der Waals surface area contributed by atoms with E-state index in [9.17, 15) is 9.59 Å². The molecular weight excluding hydrogens is 401 g/mol. The zero-order valence-corrected chi connectivity index (χ0v) is 17.1. The van der Waals surface area contributed by atoms with Gasteiger partial charge in [0.25, 0.3) is 0 Å². The molecule has 28 heavy (non-hydrogen) atoms. The van der Waals surface area contributed by atoms with Crippen LogP contribution in [0.15, 0.2) is 48.5 Å². The highest BCUT2D eigenvalue weighted by atomic mass is 35.5. The van der Waals surface area contributed by atoms with E-state index in [2.05, 4.69) is 15.4 Å². The summed E-state index contributed by atoms with van der Waals surface area (Å²) in [6.07, 6.45) is 0. The van der Waals surface area contributed by atoms with Crippen LogP contribution in [0.4, 0.5) is 4.79 Å². The molecule has 150 valence electrons. The summed E-state index contributed by atoms with van der Waals surface area (Å²) in [7, 11) is 1.35. The van der Waals surface area contributed by atoms with Crippen molar-refractivity contribution in [2.45, 2.75) is 12.6 Å². The molecule has 3 rings (SSSR count). The van der Waals surface area contributed by atoms with Gasteiger partial charge in [0.15, 0.2) is 0 Å². The van der Waals surface area contributed by atoms with Gasteiger partial charge >= 0.3 is 12.0 Å². The van der Waals surface area contributed by atoms with E-state index in [1.165, 1.54) is 7.11 Å². The number of piperazine rings is 1. The number of ether oxygens (including phenoxy) is 1. The van der Waals surface area contributed by atoms with Crippen LogP contribution in [0.3, 0.4) is 0 Å². The Morgan fingerprint density at radius 3 is 2.50 bits per heavy atom. The van der Waals surface area contributed by atoms with Gasteiger partial charge in [0.2, 0.25) is 0 Å². The Bertz CT molecular complexity index is 797. The van der Waals surface area contributed by atoms with Crippen molar-refractivity contribution in [3.8, 4) is 0 Å². The summed E-state index contributed by atoms with van der Waals surface area (Å²) in [6.45, 7) is 2.46. The number of amides is 2. The topological polar surface area (TPSA) is 70.7 Å². The molecule has 1 saturated heterocycles. The molecule has 0 bridgehead atoms. The summed E-state index contributed by atoms with van der Waals surface area (Å²) in [6, 6.07) is 14.4. The SMILES string of the molecule is COC(=O)c1ccc(CNC(=O)N2CCNCC2c2ccc(Cl)cc2)cc1.Cl. The Morgan fingerprint density at radius 1 is 1.18 bits per heavy atom. The molecule has 1 heterocycles. The normalized spacial score (nSPS) is 16.1. The summed E-state index contributed by atoms with van der Waals surface area (Å²) < 4.78 is 4.69. The van der Waals surface area contributed by atoms with Gasteiger partial charge in [0.05, 0.1) is 18.7 Å². The number of urea groups is 1. The molecule has 2 aromatic carbocycles. The number of nitrogens with zero attached hydrogens (tertiary/aromatic N) is 1. The van der Waals surface area contributed by atoms with Crippen LogP contribution in [0.1, 0.15) is 27.5 Å². The van der Waals surface area contributed by atoms with E-state index in [4.69, 9.17) is 11.6 Å². The predicted octanol–water partition coefficient (Wildman–Crippen LogP) is 3.40. The van der Waals surface area contributed by atoms with Crippen LogP contribution in [-0.2, 0) is 11.3 Å². The molecule has 0 radical (unpaired) electrons. The monoisotopic (exact) mass is 423 g/mol. The number of hydrogen-bond acceptors (Lipinski definition) is 4. The van der Waals surface area contributed by atoms with Crippen molar-refractivity contribution >= 4 is 36.0 Å². The number of halogens is 2. The van der Waals surface area contributed by atoms with Gasteiger partial charge in [0, 0.05) is 31.2 Å². The van der Waals surface area contributed by atoms with Crippen molar-refractivity contribution in [1.82, 2.24) is 15.5 Å². The quantitative estimate of drug-likeness (QED) is 0.739. The molecule has 8 heteroatoms. The van der Waals surface area contributed by atoms with Gasteiger partial charge in [-0.1, -0.05) is 35.9 Å². The lowest BCUT2D eigenvalue weighted by atomic mass is 10.0. The summed E-state index contributed by atoms with van der Waals surface area (Å²) in [5, 5.41) is 6.96. The van der Waals surface area contributed by atoms with Crippen LogP contribution in [0, 0.1) is 0 Å². The molecule has 1 atom stereocenters. The fourth-order valence-electron chi connectivity index (χ4n) is 3.09. The molecule has 1 aliphatic heterocycles. The van der Waals surface area contributed by atoms with Crippen molar-refractivity contribution in [3.63, 3.8) is 0 Å². The minimum Gasteiger partial charge on any atom is -0.465 e. The van der Waals surface area contributed by atoms with Crippen LogP contribution in [-0.4, -0.2) is 43.6 Å². The lowest BCUT2D eigenvalue weighted by Crippen LogP contribution is -2.51. The van der Waals surface area contributed by atoms with Gasteiger partial charge in [-0.25, -0.2) is 9.59 Å². The number of hydrogen-bond donors (Lipinski definition) is 2. The third kappa shape index (κ3) is 5.38. The first-order chi connectivity index (χ1) is 13.1. The second kappa shape index (κ2) is 10.3. The van der Waals surface area contributed by atoms with E-state index in [1.54, 1.807) is 24.3 Å². The number of nitrogens with one attached hydrogen (secondary N) is 2. The molecule has 1 fully saturated rings. The van der Waals surface area contributed by atoms with Crippen LogP contribution >= 0.6 is 24.0 Å². The molecule has 2 aromatic rings. The van der Waals surface area contributed by atoms with Crippen LogP contribution in [0.2, 0.25) is 5.02 Å². The second-order valence-corrected chi connectivity index (χ2v) is 6.75. The lowest BCUT2D eigenvalue weighted by Gasteiger charge is -2.36. The Kier molecular flexibility index (Phi) is 8.11. The zero-order chi connectivity index (χ0) is 19.2. The third-order valence-electron chi connectivity index (χ3n) is 4.58. The molecule has 6 nitrogen and oxygen atoms in total. The van der Waals surface area contributed by atoms with Gasteiger partial charge < -0.3 is 20.3 Å². The van der Waals surface area contributed by atoms with Crippen LogP contribution in [0.5, 0.6) is 0 Å².